The molecule has 0 spiro atoms. The van der Waals surface area contributed by atoms with E-state index in [4.69, 9.17) is 58.2 Å². The number of carbonyl (C=O) groups excluding carboxylic acids is 12. The first-order valence-electron chi connectivity index (χ1n) is 37.4. The number of anilines is 3. The van der Waals surface area contributed by atoms with Crippen LogP contribution in [0.1, 0.15) is 95.3 Å². The van der Waals surface area contributed by atoms with Crippen molar-refractivity contribution < 1.29 is 133 Å². The molecule has 3 aromatic rings. The minimum atomic E-state index is -1.46. The molecule has 4 heterocycles. The van der Waals surface area contributed by atoms with Crippen LogP contribution >= 0.6 is 0 Å². The van der Waals surface area contributed by atoms with Crippen LogP contribution in [0.15, 0.2) is 91.1 Å². The molecule has 8 aliphatic rings. The van der Waals surface area contributed by atoms with Crippen LogP contribution in [0, 0.1) is 76.6 Å². The van der Waals surface area contributed by atoms with Gasteiger partial charge in [-0.15, -0.1) is 28.7 Å². The molecule has 6 N–H and O–H groups in total. The number of carboxylic acids is 1. The number of hydrogen-bond donors (Lipinski definition) is 5. The lowest BCUT2D eigenvalue weighted by Gasteiger charge is -2.16. The molecular weight excluding hydrogens is 1520 g/mol. The van der Waals surface area contributed by atoms with Gasteiger partial charge >= 0.3 is 24.1 Å². The van der Waals surface area contributed by atoms with Crippen LogP contribution in [-0.4, -0.2) is 233 Å². The molecule has 33 nitrogen and oxygen atoms in total. The number of nitrogens with one attached hydrogen (secondary N) is 3. The average molecular weight is 1610 g/mol. The fourth-order valence-electron chi connectivity index (χ4n) is 12.6. The summed E-state index contributed by atoms with van der Waals surface area (Å²) in [5, 5.41) is 17.0. The Bertz CT molecular complexity index is 4090. The van der Waals surface area contributed by atoms with Crippen LogP contribution in [-0.2, 0) is 90.6 Å². The van der Waals surface area contributed by atoms with Gasteiger partial charge in [-0.25, -0.2) is 47.0 Å². The van der Waals surface area contributed by atoms with E-state index in [9.17, 15) is 75.5 Å². The number of carbonyl (C=O) groups is 13. The summed E-state index contributed by atoms with van der Waals surface area (Å²) in [5.74, 6) is 5.29. The van der Waals surface area contributed by atoms with Gasteiger partial charge in [0.05, 0.1) is 153 Å². The third-order valence-corrected chi connectivity index (χ3v) is 18.5. The van der Waals surface area contributed by atoms with E-state index in [-0.39, 0.29) is 59.8 Å². The number of rotatable bonds is 40. The summed E-state index contributed by atoms with van der Waals surface area (Å²) < 4.78 is 94.9. The maximum absolute atomic E-state index is 14.2. The lowest BCUT2D eigenvalue weighted by Crippen LogP contribution is -2.33. The van der Waals surface area contributed by atoms with Gasteiger partial charge < -0.3 is 79.0 Å². The van der Waals surface area contributed by atoms with E-state index in [0.29, 0.717) is 167 Å². The van der Waals surface area contributed by atoms with Gasteiger partial charge in [-0.2, -0.15) is 0 Å². The molecule has 11 amide bonds. The molecule has 6 atom stereocenters. The molecule has 4 aliphatic heterocycles. The molecule has 0 aromatic heterocycles. The molecule has 36 heteroatoms. The normalized spacial score (nSPS) is 19.3. The molecule has 115 heavy (non-hydrogen) atoms. The molecular formula is C79H91F3N8O25. The Morgan fingerprint density at radius 1 is 0.409 bits per heavy atom. The lowest BCUT2D eigenvalue weighted by atomic mass is 10.1. The first-order chi connectivity index (χ1) is 55.7. The zero-order chi connectivity index (χ0) is 82.4. The molecule has 11 rings (SSSR count). The SMILES string of the molecule is NCCOCCOCCOCCOCCNC(=O)OCC1[C@H]2CCC#CCC[C@@H]12.O=C(NCCOCCOCCOCCOCCNC(=O)c1cc(N2C(=O)C=CC2=O)ccc1F)OCC1[C@H]2CCC#CCC[C@@H]12.O=C(O)c1cc(N2C(=O)C=CC2=O)ccc1F.O=C(ON1C(=O)CCC1=O)c1cc(N2C(=O)C=CC2=O)ccc1F. The molecule has 3 aromatic carbocycles. The Kier molecular flexibility index (Phi) is 37.0. The highest BCUT2D eigenvalue weighted by Gasteiger charge is 2.50. The third-order valence-electron chi connectivity index (χ3n) is 18.5. The molecule has 3 fully saturated rings. The molecule has 618 valence electrons. The fraction of sp³-hybridized carbons (Fsp3) is 0.481. The van der Waals surface area contributed by atoms with Crippen LogP contribution < -0.4 is 36.4 Å². The number of benzene rings is 3. The number of nitrogens with two attached hydrogens (primary N) is 1. The van der Waals surface area contributed by atoms with E-state index in [1.807, 2.05) is 0 Å². The number of alkyl carbamates (subject to hydrolysis) is 2. The molecule has 4 aliphatic carbocycles. The molecule has 1 saturated heterocycles. The molecule has 2 unspecified atom stereocenters. The minimum Gasteiger partial charge on any atom is -0.478 e. The van der Waals surface area contributed by atoms with E-state index < -0.39 is 99.8 Å². The summed E-state index contributed by atoms with van der Waals surface area (Å²) in [5.41, 5.74) is 3.92. The number of amides is 11. The second-order valence-electron chi connectivity index (χ2n) is 26.1. The first kappa shape index (κ1) is 89.5. The van der Waals surface area contributed by atoms with E-state index in [0.717, 1.165) is 145 Å². The van der Waals surface area contributed by atoms with Gasteiger partial charge in [-0.05, 0) is 116 Å². The Hall–Kier alpha value is -11.1. The smallest absolute Gasteiger partial charge is 0.407 e. The summed E-state index contributed by atoms with van der Waals surface area (Å²) in [7, 11) is 0. The second-order valence-corrected chi connectivity index (χ2v) is 26.1. The number of carboxylic acid groups (broad SMARTS) is 1. The highest BCUT2D eigenvalue weighted by atomic mass is 19.1. The van der Waals surface area contributed by atoms with E-state index >= 15 is 0 Å². The summed E-state index contributed by atoms with van der Waals surface area (Å²) >= 11 is 0. The van der Waals surface area contributed by atoms with E-state index in [2.05, 4.69) is 44.5 Å². The predicted molar refractivity (Wildman–Crippen MR) is 398 cm³/mol. The van der Waals surface area contributed by atoms with Crippen molar-refractivity contribution in [2.75, 3.05) is 160 Å². The monoisotopic (exact) mass is 1610 g/mol. The van der Waals surface area contributed by atoms with Gasteiger partial charge in [0, 0.05) is 101 Å². The first-order valence-corrected chi connectivity index (χ1v) is 37.4. The van der Waals surface area contributed by atoms with Crippen LogP contribution in [0.3, 0.4) is 0 Å². The number of fused-ring (bicyclic) bond motifs is 2. The predicted octanol–water partition coefficient (Wildman–Crippen LogP) is 4.82. The Morgan fingerprint density at radius 2 is 0.704 bits per heavy atom. The topological polar surface area (TPSA) is 419 Å². The van der Waals surface area contributed by atoms with Gasteiger partial charge in [0.25, 0.3) is 53.2 Å². The van der Waals surface area contributed by atoms with Gasteiger partial charge in [-0.3, -0.25) is 43.2 Å². The van der Waals surface area contributed by atoms with Crippen molar-refractivity contribution in [3.05, 3.63) is 125 Å². The maximum Gasteiger partial charge on any atom is 0.407 e. The number of hydrogen-bond acceptors (Lipinski definition) is 25. The van der Waals surface area contributed by atoms with Crippen molar-refractivity contribution in [3.8, 4) is 23.7 Å². The quantitative estimate of drug-likeness (QED) is 0.0289. The van der Waals surface area contributed by atoms with Gasteiger partial charge in [0.15, 0.2) is 0 Å². The molecule has 0 bridgehead atoms. The van der Waals surface area contributed by atoms with Gasteiger partial charge in [-0.1, -0.05) is 0 Å². The van der Waals surface area contributed by atoms with Crippen LogP contribution in [0.5, 0.6) is 0 Å². The van der Waals surface area contributed by atoms with Crippen LogP contribution in [0.25, 0.3) is 0 Å². The Morgan fingerprint density at radius 3 is 1.04 bits per heavy atom. The summed E-state index contributed by atoms with van der Waals surface area (Å²) in [6.45, 7) is 9.20. The Labute approximate surface area is 659 Å². The van der Waals surface area contributed by atoms with Crippen molar-refractivity contribution in [1.29, 1.82) is 0 Å². The number of ether oxygens (including phenoxy) is 10. The van der Waals surface area contributed by atoms with Crippen molar-refractivity contribution in [2.45, 2.75) is 64.2 Å². The van der Waals surface area contributed by atoms with E-state index in [1.54, 1.807) is 0 Å². The van der Waals surface area contributed by atoms with Crippen LogP contribution in [0.2, 0.25) is 0 Å². The van der Waals surface area contributed by atoms with Crippen molar-refractivity contribution >= 4 is 94.4 Å². The largest absolute Gasteiger partial charge is 0.478 e. The Balaban J connectivity index is 0.000000204. The van der Waals surface area contributed by atoms with E-state index in [1.165, 1.54) is 12.1 Å². The standard InChI is InChI=1S/C32H40FN3O9.C21H36N2O6.C15H9FN2O6.C11H6FNO4/c33-28-8-7-23(36-29(37)9-10-30(36)38)21-26(28)31(39)34-11-13-41-15-17-43-19-20-44-18-16-42-14-12-35-32(40)45-22-27-24-5-3-1-2-4-6-25(24)27;22-7-9-25-11-13-27-15-16-28-14-12-26-10-8-23-21(24)29-17-20-18-5-3-1-2-4-6-19(18)20;16-10-2-1-8(17-11(19)3-4-12(17)20)7-9(10)15(23)24-18-13(21)5-6-14(18)22;12-8-2-1-6(5-7(8)11(16)17)13-9(14)3-4-10(13)15/h7-10,21,24-25,27H,3-6,11-20,22H2,(H,34,39)(H,35,40);18-20H,3-17,22H2,(H,23,24);1-4,7H,5-6H2;1-5H,(H,16,17)/t24-,25+,27?;18-,19+,20?;;. The summed E-state index contributed by atoms with van der Waals surface area (Å²) in [6.07, 6.45) is 13.7. The second kappa shape index (κ2) is 47.6. The number of imide groups is 4. The van der Waals surface area contributed by atoms with Crippen molar-refractivity contribution in [3.63, 3.8) is 0 Å². The lowest BCUT2D eigenvalue weighted by molar-refractivity contribution is -0.172. The van der Waals surface area contributed by atoms with Crippen LogP contribution in [0.4, 0.5) is 39.8 Å². The minimum absolute atomic E-state index is 0.0313. The highest BCUT2D eigenvalue weighted by Crippen LogP contribution is 2.53. The molecule has 0 radical (unpaired) electrons. The van der Waals surface area contributed by atoms with Gasteiger partial charge in [0.2, 0.25) is 0 Å². The van der Waals surface area contributed by atoms with Gasteiger partial charge in [0.1, 0.15) is 17.5 Å². The number of aromatic carboxylic acids is 1. The van der Waals surface area contributed by atoms with Crippen molar-refractivity contribution in [1.82, 2.24) is 21.0 Å². The third kappa shape index (κ3) is 28.8. The highest BCUT2D eigenvalue weighted by molar-refractivity contribution is 6.30. The maximum atomic E-state index is 14.2. The zero-order valence-electron chi connectivity index (χ0n) is 63.0. The van der Waals surface area contributed by atoms with Crippen molar-refractivity contribution in [2.24, 2.45) is 41.2 Å². The zero-order valence-corrected chi connectivity index (χ0v) is 63.0. The summed E-state index contributed by atoms with van der Waals surface area (Å²) in [4.78, 5) is 158. The summed E-state index contributed by atoms with van der Waals surface area (Å²) in [6, 6.07) is 9.42. The number of halogens is 3. The average Bonchev–Trinajstić information content (AvgIpc) is 1.64. The number of hydroxylamine groups is 2. The fourth-order valence-corrected chi connectivity index (χ4v) is 12.6. The molecule has 2 saturated carbocycles. The number of nitrogens with zero attached hydrogens (tertiary/aromatic N) is 4.